The summed E-state index contributed by atoms with van der Waals surface area (Å²) in [6.45, 7) is 11.3. The maximum absolute atomic E-state index is 14.3. The molecule has 6 atom stereocenters. The van der Waals surface area contributed by atoms with E-state index < -0.39 is 35.1 Å². The lowest BCUT2D eigenvalue weighted by Crippen LogP contribution is -2.57. The van der Waals surface area contributed by atoms with E-state index in [1.807, 2.05) is 63.2 Å². The Morgan fingerprint density at radius 3 is 2.20 bits per heavy atom. The average Bonchev–Trinajstić information content (AvgIpc) is 3.52. The molecular weight excluding hydrogens is 520 g/mol. The van der Waals surface area contributed by atoms with Crippen LogP contribution in [0.15, 0.2) is 54.6 Å². The van der Waals surface area contributed by atoms with Gasteiger partial charge in [-0.15, -0.1) is 0 Å². The summed E-state index contributed by atoms with van der Waals surface area (Å²) in [4.78, 5) is 46.0. The average molecular weight is 563 g/mol. The van der Waals surface area contributed by atoms with Crippen LogP contribution in [0.5, 0.6) is 0 Å². The van der Waals surface area contributed by atoms with Crippen molar-refractivity contribution in [3.8, 4) is 0 Å². The number of fused-ring (bicyclic) bond motifs is 1. The molecule has 2 unspecified atom stereocenters. The fourth-order valence-electron chi connectivity index (χ4n) is 7.34. The maximum Gasteiger partial charge on any atom is 0.250 e. The van der Waals surface area contributed by atoms with E-state index in [4.69, 9.17) is 4.74 Å². The molecule has 9 heteroatoms. The molecule has 3 aliphatic heterocycles. The second-order valence-electron chi connectivity index (χ2n) is 12.0. The molecule has 0 aromatic heterocycles. The first-order chi connectivity index (χ1) is 19.6. The van der Waals surface area contributed by atoms with Crippen molar-refractivity contribution in [1.29, 1.82) is 0 Å². The number of aliphatic hydroxyl groups excluding tert-OH is 1. The van der Waals surface area contributed by atoms with Crippen molar-refractivity contribution in [1.82, 2.24) is 4.90 Å². The number of anilines is 3. The van der Waals surface area contributed by atoms with E-state index in [0.717, 1.165) is 18.8 Å². The Bertz CT molecular complexity index is 1280. The number of hydrogen-bond donors (Lipinski definition) is 3. The number of hydrogen-bond acceptors (Lipinski definition) is 6. The van der Waals surface area contributed by atoms with Crippen molar-refractivity contribution in [3.05, 3.63) is 54.6 Å². The molecule has 41 heavy (non-hydrogen) atoms. The normalized spacial score (nSPS) is 29.0. The van der Waals surface area contributed by atoms with Gasteiger partial charge in [-0.1, -0.05) is 32.0 Å². The van der Waals surface area contributed by atoms with E-state index >= 15 is 0 Å². The van der Waals surface area contributed by atoms with Crippen LogP contribution in [0.2, 0.25) is 0 Å². The number of ether oxygens (including phenoxy) is 1. The summed E-state index contributed by atoms with van der Waals surface area (Å²) < 4.78 is 6.70. The molecule has 2 aromatic carbocycles. The Kier molecular flexibility index (Phi) is 7.87. The summed E-state index contributed by atoms with van der Waals surface area (Å²) in [5.41, 5.74) is 0.251. The van der Waals surface area contributed by atoms with Crippen LogP contribution in [-0.2, 0) is 19.1 Å². The van der Waals surface area contributed by atoms with Gasteiger partial charge in [0.1, 0.15) is 11.6 Å². The molecule has 0 aliphatic carbocycles. The van der Waals surface area contributed by atoms with Crippen LogP contribution >= 0.6 is 0 Å². The highest BCUT2D eigenvalue weighted by molar-refractivity contribution is 6.05. The van der Waals surface area contributed by atoms with Gasteiger partial charge in [0.25, 0.3) is 0 Å². The summed E-state index contributed by atoms with van der Waals surface area (Å²) in [6, 6.07) is 15.2. The number of nitrogens with zero attached hydrogens (tertiary/aromatic N) is 2. The third kappa shape index (κ3) is 4.78. The monoisotopic (exact) mass is 562 g/mol. The van der Waals surface area contributed by atoms with Gasteiger partial charge in [0.15, 0.2) is 0 Å². The number of carbonyl (C=O) groups is 3. The molecule has 220 valence electrons. The van der Waals surface area contributed by atoms with Crippen molar-refractivity contribution in [2.45, 2.75) is 70.7 Å². The van der Waals surface area contributed by atoms with Crippen LogP contribution in [0.3, 0.4) is 0 Å². The molecule has 1 spiro atoms. The van der Waals surface area contributed by atoms with Crippen molar-refractivity contribution >= 4 is 34.8 Å². The predicted octanol–water partition coefficient (Wildman–Crippen LogP) is 3.89. The number of para-hydroxylation sites is 1. The van der Waals surface area contributed by atoms with Crippen LogP contribution in [0.1, 0.15) is 47.5 Å². The lowest BCUT2D eigenvalue weighted by Gasteiger charge is -2.38. The van der Waals surface area contributed by atoms with Crippen LogP contribution in [0.25, 0.3) is 0 Å². The van der Waals surface area contributed by atoms with Gasteiger partial charge in [-0.25, -0.2) is 0 Å². The lowest BCUT2D eigenvalue weighted by molar-refractivity contribution is -0.148. The number of likely N-dealkylation sites (tertiary alicyclic amines) is 1. The van der Waals surface area contributed by atoms with Crippen LogP contribution in [-0.4, -0.2) is 70.7 Å². The van der Waals surface area contributed by atoms with Crippen LogP contribution in [0.4, 0.5) is 17.1 Å². The zero-order valence-electron chi connectivity index (χ0n) is 24.6. The first-order valence-electron chi connectivity index (χ1n) is 14.7. The van der Waals surface area contributed by atoms with E-state index in [0.29, 0.717) is 24.2 Å². The van der Waals surface area contributed by atoms with Crippen molar-refractivity contribution in [3.63, 3.8) is 0 Å². The molecule has 0 saturated carbocycles. The zero-order valence-corrected chi connectivity index (χ0v) is 24.6. The summed E-state index contributed by atoms with van der Waals surface area (Å²) >= 11 is 0. The fourth-order valence-corrected chi connectivity index (χ4v) is 7.34. The summed E-state index contributed by atoms with van der Waals surface area (Å²) in [6.07, 6.45) is 1.02. The third-order valence-corrected chi connectivity index (χ3v) is 9.36. The maximum atomic E-state index is 14.3. The topological polar surface area (TPSA) is 111 Å². The van der Waals surface area contributed by atoms with Crippen LogP contribution in [0, 0.1) is 17.8 Å². The Morgan fingerprint density at radius 2 is 1.61 bits per heavy atom. The van der Waals surface area contributed by atoms with Crippen LogP contribution < -0.4 is 15.5 Å². The van der Waals surface area contributed by atoms with Gasteiger partial charge in [0.2, 0.25) is 17.7 Å². The van der Waals surface area contributed by atoms with Gasteiger partial charge in [-0.2, -0.15) is 0 Å². The highest BCUT2D eigenvalue weighted by atomic mass is 16.5. The molecule has 2 aromatic rings. The second-order valence-corrected chi connectivity index (χ2v) is 12.0. The number of aliphatic hydroxyl groups is 1. The number of carbonyl (C=O) groups excluding carboxylic acids is 3. The largest absolute Gasteiger partial charge is 0.394 e. The molecular formula is C32H42N4O5. The fraction of sp³-hybridized carbons (Fsp3) is 0.531. The molecule has 3 amide bonds. The molecule has 9 nitrogen and oxygen atoms in total. The Hall–Kier alpha value is -3.43. The molecule has 3 fully saturated rings. The molecule has 3 heterocycles. The summed E-state index contributed by atoms with van der Waals surface area (Å²) in [5.74, 6) is -2.71. The highest BCUT2D eigenvalue weighted by Crippen LogP contribution is 2.63. The van der Waals surface area contributed by atoms with E-state index in [1.54, 1.807) is 12.1 Å². The van der Waals surface area contributed by atoms with Gasteiger partial charge in [0, 0.05) is 30.2 Å². The molecule has 3 N–H and O–H groups in total. The van der Waals surface area contributed by atoms with Crippen molar-refractivity contribution in [2.24, 2.45) is 17.8 Å². The molecule has 3 saturated heterocycles. The Labute approximate surface area is 242 Å². The van der Waals surface area contributed by atoms with E-state index in [-0.39, 0.29) is 30.2 Å². The first-order valence-corrected chi connectivity index (χ1v) is 14.7. The Balaban J connectivity index is 1.50. The van der Waals surface area contributed by atoms with Gasteiger partial charge in [-0.05, 0) is 75.9 Å². The number of nitrogens with one attached hydrogen (secondary N) is 2. The number of rotatable bonds is 10. The SMILES string of the molecule is CCN(CC)c1ccc(NC(=O)C2N([C@@H](CO)C(C)C)C(=O)[C@@H]3[C@@H](C(=O)Nc4ccccc4)[C@@]4(C)CCC23O4)cc1. The van der Waals surface area contributed by atoms with E-state index in [1.165, 1.54) is 4.90 Å². The minimum Gasteiger partial charge on any atom is -0.394 e. The minimum absolute atomic E-state index is 0.118. The first kappa shape index (κ1) is 29.1. The number of amides is 3. The van der Waals surface area contributed by atoms with Gasteiger partial charge < -0.3 is 30.3 Å². The predicted molar refractivity (Wildman–Crippen MR) is 158 cm³/mol. The number of benzene rings is 2. The quantitative estimate of drug-likeness (QED) is 0.405. The van der Waals surface area contributed by atoms with Crippen molar-refractivity contribution < 1.29 is 24.2 Å². The molecule has 3 aliphatic rings. The Morgan fingerprint density at radius 1 is 1.00 bits per heavy atom. The van der Waals surface area contributed by atoms with Gasteiger partial charge >= 0.3 is 0 Å². The highest BCUT2D eigenvalue weighted by Gasteiger charge is 2.78. The third-order valence-electron chi connectivity index (χ3n) is 9.36. The summed E-state index contributed by atoms with van der Waals surface area (Å²) in [5, 5.41) is 16.4. The molecule has 2 bridgehead atoms. The second kappa shape index (κ2) is 11.1. The standard InChI is InChI=1S/C32H42N4O5/c1-6-35(7-2)23-15-13-22(14-16-23)34-29(39)27-32-18-17-31(5,41-32)25(28(38)33-21-11-9-8-10-12-21)26(32)30(40)36(27)24(19-37)20(3)4/h8-16,20,24-27,37H,6-7,17-19H2,1-5H3,(H,33,38)(H,34,39)/t24-,25-,26-,27?,31+,32?/m0/s1. The molecule has 5 rings (SSSR count). The smallest absolute Gasteiger partial charge is 0.250 e. The molecule has 0 radical (unpaired) electrons. The van der Waals surface area contributed by atoms with Gasteiger partial charge in [-0.3, -0.25) is 14.4 Å². The summed E-state index contributed by atoms with van der Waals surface area (Å²) in [7, 11) is 0. The zero-order chi connectivity index (χ0) is 29.5. The minimum atomic E-state index is -1.17. The van der Waals surface area contributed by atoms with Crippen molar-refractivity contribution in [2.75, 3.05) is 35.2 Å². The van der Waals surface area contributed by atoms with E-state index in [9.17, 15) is 19.5 Å². The van der Waals surface area contributed by atoms with Gasteiger partial charge in [0.05, 0.1) is 30.1 Å². The van der Waals surface area contributed by atoms with E-state index in [2.05, 4.69) is 29.4 Å². The lowest BCUT2D eigenvalue weighted by atomic mass is 9.66.